The van der Waals surface area contributed by atoms with Gasteiger partial charge in [0.1, 0.15) is 16.5 Å². The number of amides is 1. The molecule has 23 heavy (non-hydrogen) atoms. The fraction of sp³-hybridized carbons (Fsp3) is 0.118. The minimum Gasteiger partial charge on any atom is -0.497 e. The maximum absolute atomic E-state index is 12.2. The summed E-state index contributed by atoms with van der Waals surface area (Å²) in [5.74, 6) is 0.578. The van der Waals surface area contributed by atoms with Gasteiger partial charge < -0.3 is 10.1 Å². The van der Waals surface area contributed by atoms with Gasteiger partial charge in [0, 0.05) is 29.9 Å². The normalized spacial score (nSPS) is 10.3. The molecule has 0 aliphatic carbocycles. The Morgan fingerprint density at radius 2 is 2.09 bits per heavy atom. The molecule has 0 saturated carbocycles. The summed E-state index contributed by atoms with van der Waals surface area (Å²) in [5.41, 5.74) is 2.35. The summed E-state index contributed by atoms with van der Waals surface area (Å²) in [7, 11) is 1.62. The van der Waals surface area contributed by atoms with E-state index < -0.39 is 0 Å². The van der Waals surface area contributed by atoms with E-state index in [1.807, 2.05) is 36.4 Å². The number of methoxy groups -OCH3 is 1. The molecule has 0 bridgehead atoms. The van der Waals surface area contributed by atoms with Crippen molar-refractivity contribution in [3.05, 3.63) is 65.4 Å². The Bertz CT molecular complexity index is 802. The molecule has 0 radical (unpaired) electrons. The Labute approximate surface area is 138 Å². The second kappa shape index (κ2) is 7.02. The first-order valence-corrected chi connectivity index (χ1v) is 7.91. The number of thiazole rings is 1. The summed E-state index contributed by atoms with van der Waals surface area (Å²) < 4.78 is 5.17. The number of hydrogen-bond donors (Lipinski definition) is 1. The SMILES string of the molecule is COc1cccc(CNC(=O)c2csc(-c3ccncc3)n2)c1. The van der Waals surface area contributed by atoms with Gasteiger partial charge in [-0.15, -0.1) is 11.3 Å². The third kappa shape index (κ3) is 3.73. The third-order valence-electron chi connectivity index (χ3n) is 3.25. The van der Waals surface area contributed by atoms with E-state index in [2.05, 4.69) is 15.3 Å². The smallest absolute Gasteiger partial charge is 0.271 e. The number of pyridine rings is 1. The number of ether oxygens (including phenoxy) is 1. The fourth-order valence-corrected chi connectivity index (χ4v) is 2.87. The van der Waals surface area contributed by atoms with Crippen LogP contribution in [-0.4, -0.2) is 23.0 Å². The molecule has 1 N–H and O–H groups in total. The van der Waals surface area contributed by atoms with Crippen LogP contribution < -0.4 is 10.1 Å². The minimum atomic E-state index is -0.190. The number of rotatable bonds is 5. The van der Waals surface area contributed by atoms with Crippen molar-refractivity contribution >= 4 is 17.2 Å². The van der Waals surface area contributed by atoms with Gasteiger partial charge >= 0.3 is 0 Å². The predicted octanol–water partition coefficient (Wildman–Crippen LogP) is 3.14. The Kier molecular flexibility index (Phi) is 4.63. The number of carbonyl (C=O) groups excluding carboxylic acids is 1. The Hall–Kier alpha value is -2.73. The highest BCUT2D eigenvalue weighted by atomic mass is 32.1. The van der Waals surface area contributed by atoms with Gasteiger partial charge in [0.15, 0.2) is 0 Å². The highest BCUT2D eigenvalue weighted by Gasteiger charge is 2.11. The lowest BCUT2D eigenvalue weighted by Gasteiger charge is -2.05. The largest absolute Gasteiger partial charge is 0.497 e. The molecule has 6 heteroatoms. The molecule has 116 valence electrons. The van der Waals surface area contributed by atoms with Crippen molar-refractivity contribution in [2.75, 3.05) is 7.11 Å². The highest BCUT2D eigenvalue weighted by Crippen LogP contribution is 2.22. The van der Waals surface area contributed by atoms with E-state index in [9.17, 15) is 4.79 Å². The van der Waals surface area contributed by atoms with E-state index in [1.165, 1.54) is 11.3 Å². The maximum atomic E-state index is 12.2. The second-order valence-corrected chi connectivity index (χ2v) is 5.67. The fourth-order valence-electron chi connectivity index (χ4n) is 2.06. The number of nitrogens with zero attached hydrogens (tertiary/aromatic N) is 2. The molecule has 1 amide bonds. The van der Waals surface area contributed by atoms with Crippen molar-refractivity contribution in [1.29, 1.82) is 0 Å². The first-order chi connectivity index (χ1) is 11.3. The molecule has 0 fully saturated rings. The summed E-state index contributed by atoms with van der Waals surface area (Å²) in [6.45, 7) is 0.429. The van der Waals surface area contributed by atoms with Gasteiger partial charge in [-0.3, -0.25) is 9.78 Å². The lowest BCUT2D eigenvalue weighted by atomic mass is 10.2. The summed E-state index contributed by atoms with van der Waals surface area (Å²) in [6.07, 6.45) is 3.42. The highest BCUT2D eigenvalue weighted by molar-refractivity contribution is 7.13. The first-order valence-electron chi connectivity index (χ1n) is 7.03. The maximum Gasteiger partial charge on any atom is 0.271 e. The Morgan fingerprint density at radius 1 is 1.26 bits per heavy atom. The summed E-state index contributed by atoms with van der Waals surface area (Å²) >= 11 is 1.44. The summed E-state index contributed by atoms with van der Waals surface area (Å²) in [4.78, 5) is 20.6. The zero-order chi connectivity index (χ0) is 16.1. The van der Waals surface area contributed by atoms with Crippen LogP contribution in [0.3, 0.4) is 0 Å². The number of hydrogen-bond acceptors (Lipinski definition) is 5. The number of carbonyl (C=O) groups is 1. The van der Waals surface area contributed by atoms with Crippen LogP contribution >= 0.6 is 11.3 Å². The van der Waals surface area contributed by atoms with E-state index >= 15 is 0 Å². The van der Waals surface area contributed by atoms with E-state index in [4.69, 9.17) is 4.74 Å². The van der Waals surface area contributed by atoms with Crippen molar-refractivity contribution in [3.8, 4) is 16.3 Å². The van der Waals surface area contributed by atoms with Crippen LogP contribution in [0.4, 0.5) is 0 Å². The van der Waals surface area contributed by atoms with Gasteiger partial charge in [0.2, 0.25) is 0 Å². The molecule has 2 aromatic heterocycles. The zero-order valence-electron chi connectivity index (χ0n) is 12.5. The molecule has 2 heterocycles. The Morgan fingerprint density at radius 3 is 2.87 bits per heavy atom. The third-order valence-corrected chi connectivity index (χ3v) is 4.14. The molecular formula is C17H15N3O2S. The predicted molar refractivity (Wildman–Crippen MR) is 89.5 cm³/mol. The van der Waals surface area contributed by atoms with Crippen molar-refractivity contribution in [3.63, 3.8) is 0 Å². The molecule has 3 rings (SSSR count). The molecule has 0 unspecified atom stereocenters. The lowest BCUT2D eigenvalue weighted by Crippen LogP contribution is -2.23. The standard InChI is InChI=1S/C17H15N3O2S/c1-22-14-4-2-3-12(9-14)10-19-16(21)15-11-23-17(20-15)13-5-7-18-8-6-13/h2-9,11H,10H2,1H3,(H,19,21). The van der Waals surface area contributed by atoms with Gasteiger partial charge in [-0.2, -0.15) is 0 Å². The Balaban J connectivity index is 1.66. The zero-order valence-corrected chi connectivity index (χ0v) is 13.3. The van der Waals surface area contributed by atoms with E-state index in [1.54, 1.807) is 24.9 Å². The first kappa shape index (κ1) is 15.2. The van der Waals surface area contributed by atoms with Crippen LogP contribution in [0.15, 0.2) is 54.2 Å². The van der Waals surface area contributed by atoms with Crippen LogP contribution in [0.2, 0.25) is 0 Å². The topological polar surface area (TPSA) is 64.1 Å². The van der Waals surface area contributed by atoms with Gasteiger partial charge in [0.05, 0.1) is 7.11 Å². The molecule has 0 aliphatic rings. The summed E-state index contributed by atoms with van der Waals surface area (Å²) in [6, 6.07) is 11.3. The van der Waals surface area contributed by atoms with Gasteiger partial charge in [0.25, 0.3) is 5.91 Å². The van der Waals surface area contributed by atoms with Crippen LogP contribution in [-0.2, 0) is 6.54 Å². The molecule has 1 aromatic carbocycles. The van der Waals surface area contributed by atoms with Crippen LogP contribution in [0.25, 0.3) is 10.6 Å². The average molecular weight is 325 g/mol. The molecular weight excluding hydrogens is 310 g/mol. The molecule has 0 saturated heterocycles. The molecule has 3 aromatic rings. The average Bonchev–Trinajstić information content (AvgIpc) is 3.11. The van der Waals surface area contributed by atoms with Crippen LogP contribution in [0.1, 0.15) is 16.1 Å². The van der Waals surface area contributed by atoms with Crippen molar-refractivity contribution in [2.45, 2.75) is 6.54 Å². The second-order valence-electron chi connectivity index (χ2n) is 4.81. The number of benzene rings is 1. The van der Waals surface area contributed by atoms with Crippen LogP contribution in [0.5, 0.6) is 5.75 Å². The number of aromatic nitrogens is 2. The summed E-state index contributed by atoms with van der Waals surface area (Å²) in [5, 5.41) is 5.43. The monoisotopic (exact) mass is 325 g/mol. The molecule has 0 aliphatic heterocycles. The van der Waals surface area contributed by atoms with E-state index in [0.29, 0.717) is 12.2 Å². The molecule has 0 spiro atoms. The quantitative estimate of drug-likeness (QED) is 0.783. The van der Waals surface area contributed by atoms with Gasteiger partial charge in [-0.25, -0.2) is 4.98 Å². The van der Waals surface area contributed by atoms with Gasteiger partial charge in [-0.05, 0) is 29.8 Å². The minimum absolute atomic E-state index is 0.190. The van der Waals surface area contributed by atoms with Crippen molar-refractivity contribution < 1.29 is 9.53 Å². The van der Waals surface area contributed by atoms with Crippen molar-refractivity contribution in [2.24, 2.45) is 0 Å². The van der Waals surface area contributed by atoms with E-state index in [-0.39, 0.29) is 5.91 Å². The van der Waals surface area contributed by atoms with Crippen molar-refractivity contribution in [1.82, 2.24) is 15.3 Å². The lowest BCUT2D eigenvalue weighted by molar-refractivity contribution is 0.0946. The number of nitrogens with one attached hydrogen (secondary N) is 1. The molecule has 5 nitrogen and oxygen atoms in total. The molecule has 0 atom stereocenters. The van der Waals surface area contributed by atoms with Gasteiger partial charge in [-0.1, -0.05) is 12.1 Å². The van der Waals surface area contributed by atoms with E-state index in [0.717, 1.165) is 21.9 Å². The van der Waals surface area contributed by atoms with Crippen LogP contribution in [0, 0.1) is 0 Å².